The van der Waals surface area contributed by atoms with Gasteiger partial charge in [-0.3, -0.25) is 4.68 Å². The fourth-order valence-electron chi connectivity index (χ4n) is 2.19. The van der Waals surface area contributed by atoms with Crippen LogP contribution < -0.4 is 5.73 Å². The first-order valence-electron chi connectivity index (χ1n) is 5.78. The van der Waals surface area contributed by atoms with Gasteiger partial charge < -0.3 is 10.3 Å². The first-order valence-corrected chi connectivity index (χ1v) is 5.78. The van der Waals surface area contributed by atoms with Crippen LogP contribution in [-0.4, -0.2) is 26.5 Å². The number of nitrogens with two attached hydrogens (primary N) is 1. The summed E-state index contributed by atoms with van der Waals surface area (Å²) >= 11 is 0. The van der Waals surface area contributed by atoms with Crippen molar-refractivity contribution in [3.8, 4) is 11.5 Å². The van der Waals surface area contributed by atoms with Crippen molar-refractivity contribution in [1.29, 1.82) is 0 Å². The fourth-order valence-corrected chi connectivity index (χ4v) is 2.19. The number of hydrogen-bond acceptors (Lipinski definition) is 5. The highest BCUT2D eigenvalue weighted by Gasteiger charge is 2.42. The topological polar surface area (TPSA) is 82.8 Å². The van der Waals surface area contributed by atoms with Crippen LogP contribution in [-0.2, 0) is 12.5 Å². The standard InChI is InChI=1S/C11H15N5O/c1-16-6-3-8(14-16)9-13-10(17-15-9)11(7-12)4-2-5-11/h3,6H,2,4-5,7,12H2,1H3. The van der Waals surface area contributed by atoms with Gasteiger partial charge >= 0.3 is 0 Å². The summed E-state index contributed by atoms with van der Waals surface area (Å²) in [5, 5.41) is 8.22. The second kappa shape index (κ2) is 3.66. The Hall–Kier alpha value is -1.69. The number of rotatable bonds is 3. The Morgan fingerprint density at radius 1 is 1.53 bits per heavy atom. The van der Waals surface area contributed by atoms with Crippen molar-refractivity contribution in [2.75, 3.05) is 6.54 Å². The molecule has 2 heterocycles. The van der Waals surface area contributed by atoms with Gasteiger partial charge in [0.15, 0.2) is 0 Å². The Morgan fingerprint density at radius 3 is 2.88 bits per heavy atom. The summed E-state index contributed by atoms with van der Waals surface area (Å²) in [7, 11) is 1.86. The Kier molecular flexibility index (Phi) is 2.25. The van der Waals surface area contributed by atoms with E-state index < -0.39 is 0 Å². The molecule has 90 valence electrons. The van der Waals surface area contributed by atoms with Crippen LogP contribution in [0.15, 0.2) is 16.8 Å². The molecule has 0 bridgehead atoms. The third-order valence-electron chi connectivity index (χ3n) is 3.52. The van der Waals surface area contributed by atoms with E-state index in [2.05, 4.69) is 15.2 Å². The van der Waals surface area contributed by atoms with Crippen molar-refractivity contribution in [3.63, 3.8) is 0 Å². The molecule has 2 aromatic rings. The number of aromatic nitrogens is 4. The highest BCUT2D eigenvalue weighted by molar-refractivity contribution is 5.47. The molecule has 1 fully saturated rings. The molecule has 1 saturated carbocycles. The van der Waals surface area contributed by atoms with Crippen molar-refractivity contribution in [1.82, 2.24) is 19.9 Å². The van der Waals surface area contributed by atoms with Crippen molar-refractivity contribution >= 4 is 0 Å². The lowest BCUT2D eigenvalue weighted by atomic mass is 9.69. The second-order valence-electron chi connectivity index (χ2n) is 4.64. The molecule has 6 nitrogen and oxygen atoms in total. The summed E-state index contributed by atoms with van der Waals surface area (Å²) in [6, 6.07) is 1.87. The minimum atomic E-state index is -0.0833. The van der Waals surface area contributed by atoms with Gasteiger partial charge in [-0.15, -0.1) is 0 Å². The molecule has 0 amide bonds. The highest BCUT2D eigenvalue weighted by atomic mass is 16.5. The molecule has 2 aromatic heterocycles. The molecule has 1 aliphatic rings. The van der Waals surface area contributed by atoms with Gasteiger partial charge in [0.25, 0.3) is 0 Å². The van der Waals surface area contributed by atoms with Crippen LogP contribution in [0.25, 0.3) is 11.5 Å². The summed E-state index contributed by atoms with van der Waals surface area (Å²) in [4.78, 5) is 4.43. The number of hydrogen-bond donors (Lipinski definition) is 1. The summed E-state index contributed by atoms with van der Waals surface area (Å²) in [6.45, 7) is 0.566. The summed E-state index contributed by atoms with van der Waals surface area (Å²) in [5.74, 6) is 1.20. The minimum absolute atomic E-state index is 0.0833. The third-order valence-corrected chi connectivity index (χ3v) is 3.52. The van der Waals surface area contributed by atoms with Gasteiger partial charge in [-0.25, -0.2) is 0 Å². The lowest BCUT2D eigenvalue weighted by molar-refractivity contribution is 0.182. The minimum Gasteiger partial charge on any atom is -0.338 e. The molecular weight excluding hydrogens is 218 g/mol. The Balaban J connectivity index is 1.92. The molecule has 0 spiro atoms. The summed E-state index contributed by atoms with van der Waals surface area (Å²) in [6.07, 6.45) is 5.10. The van der Waals surface area contributed by atoms with E-state index >= 15 is 0 Å². The molecule has 2 N–H and O–H groups in total. The van der Waals surface area contributed by atoms with E-state index in [1.165, 1.54) is 6.42 Å². The maximum Gasteiger partial charge on any atom is 0.234 e. The first-order chi connectivity index (χ1) is 8.23. The zero-order chi connectivity index (χ0) is 11.9. The van der Waals surface area contributed by atoms with Crippen LogP contribution >= 0.6 is 0 Å². The van der Waals surface area contributed by atoms with E-state index in [0.29, 0.717) is 18.3 Å². The molecular formula is C11H15N5O. The third kappa shape index (κ3) is 1.56. The second-order valence-corrected chi connectivity index (χ2v) is 4.64. The Bertz CT molecular complexity index is 520. The fraction of sp³-hybridized carbons (Fsp3) is 0.545. The molecule has 0 aliphatic heterocycles. The van der Waals surface area contributed by atoms with Gasteiger partial charge in [0.05, 0.1) is 5.41 Å². The smallest absolute Gasteiger partial charge is 0.234 e. The van der Waals surface area contributed by atoms with E-state index in [-0.39, 0.29) is 5.41 Å². The molecule has 17 heavy (non-hydrogen) atoms. The van der Waals surface area contributed by atoms with Gasteiger partial charge in [-0.1, -0.05) is 11.6 Å². The van der Waals surface area contributed by atoms with Gasteiger partial charge in [-0.2, -0.15) is 10.1 Å². The lowest BCUT2D eigenvalue weighted by Gasteiger charge is -2.36. The van der Waals surface area contributed by atoms with Crippen LogP contribution in [0.3, 0.4) is 0 Å². The average Bonchev–Trinajstić information content (AvgIpc) is 2.86. The number of aryl methyl sites for hydroxylation is 1. The maximum absolute atomic E-state index is 5.81. The number of nitrogens with zero attached hydrogens (tertiary/aromatic N) is 4. The van der Waals surface area contributed by atoms with Crippen LogP contribution in [0, 0.1) is 0 Å². The first kappa shape index (κ1) is 10.5. The van der Waals surface area contributed by atoms with Crippen molar-refractivity contribution in [3.05, 3.63) is 18.2 Å². The van der Waals surface area contributed by atoms with Crippen LogP contribution in [0.1, 0.15) is 25.2 Å². The highest BCUT2D eigenvalue weighted by Crippen LogP contribution is 2.42. The van der Waals surface area contributed by atoms with E-state index in [9.17, 15) is 0 Å². The molecule has 3 rings (SSSR count). The molecule has 0 atom stereocenters. The maximum atomic E-state index is 5.81. The van der Waals surface area contributed by atoms with Crippen LogP contribution in [0.4, 0.5) is 0 Å². The molecule has 0 unspecified atom stereocenters. The predicted octanol–water partition coefficient (Wildman–Crippen LogP) is 0.850. The molecule has 0 radical (unpaired) electrons. The summed E-state index contributed by atoms with van der Waals surface area (Å²) < 4.78 is 7.05. The molecule has 1 aliphatic carbocycles. The SMILES string of the molecule is Cn1ccc(-c2noc(C3(CN)CCC3)n2)n1. The van der Waals surface area contributed by atoms with Crippen molar-refractivity contribution in [2.45, 2.75) is 24.7 Å². The van der Waals surface area contributed by atoms with E-state index in [0.717, 1.165) is 18.5 Å². The van der Waals surface area contributed by atoms with E-state index in [4.69, 9.17) is 10.3 Å². The van der Waals surface area contributed by atoms with Gasteiger partial charge in [0.2, 0.25) is 11.7 Å². The molecule has 0 saturated heterocycles. The molecule has 0 aromatic carbocycles. The van der Waals surface area contributed by atoms with Gasteiger partial charge in [-0.05, 0) is 18.9 Å². The van der Waals surface area contributed by atoms with Crippen LogP contribution in [0.2, 0.25) is 0 Å². The van der Waals surface area contributed by atoms with Gasteiger partial charge in [0.1, 0.15) is 5.69 Å². The normalized spacial score (nSPS) is 18.0. The zero-order valence-electron chi connectivity index (χ0n) is 9.76. The van der Waals surface area contributed by atoms with E-state index in [1.54, 1.807) is 4.68 Å². The van der Waals surface area contributed by atoms with Crippen LogP contribution in [0.5, 0.6) is 0 Å². The Labute approximate surface area is 98.8 Å². The molecule has 6 heteroatoms. The van der Waals surface area contributed by atoms with E-state index in [1.807, 2.05) is 19.3 Å². The lowest BCUT2D eigenvalue weighted by Crippen LogP contribution is -2.41. The van der Waals surface area contributed by atoms with Crippen molar-refractivity contribution < 1.29 is 4.52 Å². The quantitative estimate of drug-likeness (QED) is 0.849. The monoisotopic (exact) mass is 233 g/mol. The van der Waals surface area contributed by atoms with Gasteiger partial charge in [0, 0.05) is 19.8 Å². The Morgan fingerprint density at radius 2 is 2.35 bits per heavy atom. The zero-order valence-corrected chi connectivity index (χ0v) is 9.76. The van der Waals surface area contributed by atoms with Crippen molar-refractivity contribution in [2.24, 2.45) is 12.8 Å². The summed E-state index contributed by atoms with van der Waals surface area (Å²) in [5.41, 5.74) is 6.45. The predicted molar refractivity (Wildman–Crippen MR) is 61.1 cm³/mol. The average molecular weight is 233 g/mol. The largest absolute Gasteiger partial charge is 0.338 e.